The topological polar surface area (TPSA) is 62.3 Å². The number of anilines is 1. The van der Waals surface area contributed by atoms with Gasteiger partial charge in [0.2, 0.25) is 0 Å². The average molecular weight is 295 g/mol. The fourth-order valence-corrected chi connectivity index (χ4v) is 3.02. The van der Waals surface area contributed by atoms with E-state index in [4.69, 9.17) is 0 Å². The Labute approximate surface area is 118 Å². The van der Waals surface area contributed by atoms with Gasteiger partial charge in [-0.25, -0.2) is 4.98 Å². The number of nitrogens with zero attached hydrogens (tertiary/aromatic N) is 2. The van der Waals surface area contributed by atoms with Crippen LogP contribution in [0.15, 0.2) is 17.5 Å². The van der Waals surface area contributed by atoms with Crippen molar-refractivity contribution in [2.24, 2.45) is 0 Å². The third-order valence-corrected chi connectivity index (χ3v) is 4.29. The van der Waals surface area contributed by atoms with Crippen LogP contribution in [0.5, 0.6) is 0 Å². The lowest BCUT2D eigenvalue weighted by Gasteiger charge is -2.07. The van der Waals surface area contributed by atoms with Gasteiger partial charge in [0.25, 0.3) is 11.8 Å². The molecule has 0 saturated carbocycles. The van der Waals surface area contributed by atoms with Crippen molar-refractivity contribution < 1.29 is 9.59 Å². The summed E-state index contributed by atoms with van der Waals surface area (Å²) >= 11 is 2.55. The van der Waals surface area contributed by atoms with Crippen molar-refractivity contribution in [2.75, 3.05) is 19.4 Å². The number of thiazole rings is 1. The van der Waals surface area contributed by atoms with Gasteiger partial charge in [-0.2, -0.15) is 0 Å². The van der Waals surface area contributed by atoms with Crippen LogP contribution in [0.3, 0.4) is 0 Å². The molecule has 19 heavy (non-hydrogen) atoms. The van der Waals surface area contributed by atoms with Crippen molar-refractivity contribution in [3.63, 3.8) is 0 Å². The smallest absolute Gasteiger partial charge is 0.267 e. The third-order valence-electron chi connectivity index (χ3n) is 2.36. The number of hydrogen-bond donors (Lipinski definition) is 1. The highest BCUT2D eigenvalue weighted by Gasteiger charge is 2.18. The zero-order valence-electron chi connectivity index (χ0n) is 10.8. The predicted molar refractivity (Wildman–Crippen MR) is 77.1 cm³/mol. The van der Waals surface area contributed by atoms with Crippen molar-refractivity contribution in [3.05, 3.63) is 33.0 Å². The zero-order chi connectivity index (χ0) is 14.0. The molecular formula is C12H13N3O2S2. The Kier molecular flexibility index (Phi) is 3.96. The Morgan fingerprint density at radius 2 is 2.11 bits per heavy atom. The first-order chi connectivity index (χ1) is 8.99. The Morgan fingerprint density at radius 3 is 2.68 bits per heavy atom. The van der Waals surface area contributed by atoms with Gasteiger partial charge in [-0.05, 0) is 18.4 Å². The number of aryl methyl sites for hydroxylation is 1. The molecule has 2 aromatic rings. The fraction of sp³-hybridized carbons (Fsp3) is 0.250. The summed E-state index contributed by atoms with van der Waals surface area (Å²) in [5.74, 6) is -0.306. The van der Waals surface area contributed by atoms with Crippen molar-refractivity contribution in [1.82, 2.24) is 9.88 Å². The minimum Gasteiger partial charge on any atom is -0.344 e. The number of carbonyl (C=O) groups excluding carboxylic acids is 2. The van der Waals surface area contributed by atoms with Crippen molar-refractivity contribution in [2.45, 2.75) is 6.92 Å². The number of nitrogens with one attached hydrogen (secondary N) is 1. The van der Waals surface area contributed by atoms with Gasteiger partial charge in [-0.15, -0.1) is 11.3 Å². The average Bonchev–Trinajstić information content (AvgIpc) is 2.97. The maximum absolute atomic E-state index is 11.9. The number of rotatable bonds is 3. The molecule has 2 rings (SSSR count). The van der Waals surface area contributed by atoms with Crippen LogP contribution in [0.4, 0.5) is 5.13 Å². The largest absolute Gasteiger partial charge is 0.344 e. The van der Waals surface area contributed by atoms with Crippen LogP contribution in [0.25, 0.3) is 0 Å². The molecule has 0 atom stereocenters. The lowest BCUT2D eigenvalue weighted by Crippen LogP contribution is -2.21. The monoisotopic (exact) mass is 295 g/mol. The molecule has 0 aliphatic rings. The summed E-state index contributed by atoms with van der Waals surface area (Å²) in [6.45, 7) is 1.76. The summed E-state index contributed by atoms with van der Waals surface area (Å²) in [6, 6.07) is 3.56. The van der Waals surface area contributed by atoms with Gasteiger partial charge in [-0.3, -0.25) is 14.9 Å². The van der Waals surface area contributed by atoms with Gasteiger partial charge < -0.3 is 4.90 Å². The first-order valence-electron chi connectivity index (χ1n) is 5.53. The number of aromatic nitrogens is 1. The van der Waals surface area contributed by atoms with Crippen LogP contribution in [0, 0.1) is 6.92 Å². The molecular weight excluding hydrogens is 282 g/mol. The molecule has 0 unspecified atom stereocenters. The first kappa shape index (κ1) is 13.7. The highest BCUT2D eigenvalue weighted by atomic mass is 32.1. The van der Waals surface area contributed by atoms with E-state index in [0.717, 1.165) is 0 Å². The molecule has 0 aliphatic carbocycles. The van der Waals surface area contributed by atoms with E-state index in [-0.39, 0.29) is 11.8 Å². The van der Waals surface area contributed by atoms with Crippen LogP contribution >= 0.6 is 22.7 Å². The third kappa shape index (κ3) is 2.99. The van der Waals surface area contributed by atoms with E-state index in [2.05, 4.69) is 10.3 Å². The number of hydrogen-bond acceptors (Lipinski definition) is 5. The van der Waals surface area contributed by atoms with Gasteiger partial charge in [0.15, 0.2) is 5.13 Å². The Hall–Kier alpha value is -1.73. The van der Waals surface area contributed by atoms with E-state index in [0.29, 0.717) is 20.6 Å². The summed E-state index contributed by atoms with van der Waals surface area (Å²) in [4.78, 5) is 30.6. The highest BCUT2D eigenvalue weighted by Crippen LogP contribution is 2.24. The summed E-state index contributed by atoms with van der Waals surface area (Å²) in [7, 11) is 3.37. The second-order valence-corrected chi connectivity index (χ2v) is 6.01. The number of thiophene rings is 1. The highest BCUT2D eigenvalue weighted by molar-refractivity contribution is 7.18. The standard InChI is InChI=1S/C12H13N3O2S2/c1-7-9(11(17)15(2)3)19-12(13-7)14-10(16)8-5-4-6-18-8/h4-6H,1-3H3,(H,13,14,16). The zero-order valence-corrected chi connectivity index (χ0v) is 12.4. The predicted octanol–water partition coefficient (Wildman–Crippen LogP) is 2.47. The molecule has 0 radical (unpaired) electrons. The van der Waals surface area contributed by atoms with Gasteiger partial charge in [0.1, 0.15) is 4.88 Å². The molecule has 0 aliphatic heterocycles. The van der Waals surface area contributed by atoms with Gasteiger partial charge in [0, 0.05) is 14.1 Å². The molecule has 0 saturated heterocycles. The van der Waals surface area contributed by atoms with Gasteiger partial charge >= 0.3 is 0 Å². The molecule has 2 heterocycles. The van der Waals surface area contributed by atoms with Crippen LogP contribution in [-0.2, 0) is 0 Å². The van der Waals surface area contributed by atoms with Crippen molar-refractivity contribution in [3.8, 4) is 0 Å². The molecule has 0 fully saturated rings. The Morgan fingerprint density at radius 1 is 1.37 bits per heavy atom. The molecule has 0 bridgehead atoms. The maximum Gasteiger partial charge on any atom is 0.267 e. The van der Waals surface area contributed by atoms with E-state index >= 15 is 0 Å². The second kappa shape index (κ2) is 5.50. The molecule has 1 N–H and O–H groups in total. The molecule has 0 aromatic carbocycles. The normalized spacial score (nSPS) is 10.3. The minimum absolute atomic E-state index is 0.105. The Bertz CT molecular complexity index is 603. The number of carbonyl (C=O) groups is 2. The molecule has 2 amide bonds. The van der Waals surface area contributed by atoms with Gasteiger partial charge in [-0.1, -0.05) is 17.4 Å². The van der Waals surface area contributed by atoms with E-state index in [1.54, 1.807) is 27.1 Å². The molecule has 0 spiro atoms. The maximum atomic E-state index is 11.9. The van der Waals surface area contributed by atoms with Crippen molar-refractivity contribution in [1.29, 1.82) is 0 Å². The van der Waals surface area contributed by atoms with Gasteiger partial charge in [0.05, 0.1) is 10.6 Å². The van der Waals surface area contributed by atoms with Crippen molar-refractivity contribution >= 4 is 39.6 Å². The molecule has 7 heteroatoms. The summed E-state index contributed by atoms with van der Waals surface area (Å²) in [6.07, 6.45) is 0. The summed E-state index contributed by atoms with van der Waals surface area (Å²) in [5, 5.41) is 4.99. The minimum atomic E-state index is -0.201. The van der Waals surface area contributed by atoms with Crippen LogP contribution < -0.4 is 5.32 Å². The molecule has 5 nitrogen and oxygen atoms in total. The summed E-state index contributed by atoms with van der Waals surface area (Å²) in [5.41, 5.74) is 0.630. The van der Waals surface area contributed by atoms with E-state index in [9.17, 15) is 9.59 Å². The SMILES string of the molecule is Cc1nc(NC(=O)c2cccs2)sc1C(=O)N(C)C. The van der Waals surface area contributed by atoms with Crippen LogP contribution in [-0.4, -0.2) is 35.8 Å². The number of amides is 2. The van der Waals surface area contributed by atoms with E-state index in [1.165, 1.54) is 27.6 Å². The quantitative estimate of drug-likeness (QED) is 0.946. The fourth-order valence-electron chi connectivity index (χ4n) is 1.42. The second-order valence-electron chi connectivity index (χ2n) is 4.06. The molecule has 2 aromatic heterocycles. The lowest BCUT2D eigenvalue weighted by molar-refractivity contribution is 0.0831. The lowest BCUT2D eigenvalue weighted by atomic mass is 10.3. The van der Waals surface area contributed by atoms with E-state index in [1.807, 2.05) is 11.4 Å². The first-order valence-corrected chi connectivity index (χ1v) is 7.22. The molecule has 100 valence electrons. The summed E-state index contributed by atoms with van der Waals surface area (Å²) < 4.78 is 0. The van der Waals surface area contributed by atoms with Crippen LogP contribution in [0.1, 0.15) is 25.0 Å². The van der Waals surface area contributed by atoms with E-state index < -0.39 is 0 Å². The van der Waals surface area contributed by atoms with Crippen LogP contribution in [0.2, 0.25) is 0 Å². The Balaban J connectivity index is 2.17.